The van der Waals surface area contributed by atoms with Crippen molar-refractivity contribution in [3.63, 3.8) is 0 Å². The first-order valence-corrected chi connectivity index (χ1v) is 38.7. The van der Waals surface area contributed by atoms with E-state index in [0.717, 1.165) is 134 Å². The average molecular weight is 1450 g/mol. The third-order valence-electron chi connectivity index (χ3n) is 22.9. The van der Waals surface area contributed by atoms with Gasteiger partial charge in [0.2, 0.25) is 0 Å². The Labute approximate surface area is 658 Å². The van der Waals surface area contributed by atoms with Crippen LogP contribution in [0.1, 0.15) is 0 Å². The molecule has 0 radical (unpaired) electrons. The van der Waals surface area contributed by atoms with Gasteiger partial charge in [-0.2, -0.15) is 0 Å². The van der Waals surface area contributed by atoms with Gasteiger partial charge < -0.3 is 0 Å². The Kier molecular flexibility index (Phi) is 15.8. The van der Waals surface area contributed by atoms with Crippen LogP contribution >= 0.6 is 0 Å². The van der Waals surface area contributed by atoms with Crippen molar-refractivity contribution in [2.75, 3.05) is 0 Å². The predicted molar refractivity (Wildman–Crippen MR) is 474 cm³/mol. The summed E-state index contributed by atoms with van der Waals surface area (Å²) < 4.78 is 0. The van der Waals surface area contributed by atoms with Crippen LogP contribution in [0.15, 0.2) is 401 Å². The highest BCUT2D eigenvalue weighted by Gasteiger charge is 2.23. The van der Waals surface area contributed by atoms with Crippen LogP contribution in [0, 0.1) is 0 Å². The molecule has 0 fully saturated rings. The van der Waals surface area contributed by atoms with Gasteiger partial charge in [-0.05, 0) is 255 Å². The topological polar surface area (TPSA) is 77.3 Å². The lowest BCUT2D eigenvalue weighted by molar-refractivity contribution is 1.18. The van der Waals surface area contributed by atoms with Gasteiger partial charge in [0.1, 0.15) is 0 Å². The van der Waals surface area contributed by atoms with E-state index >= 15 is 0 Å². The summed E-state index contributed by atoms with van der Waals surface area (Å²) in [6, 6.07) is 137. The van der Waals surface area contributed by atoms with E-state index in [1.165, 1.54) is 86.5 Å². The van der Waals surface area contributed by atoms with E-state index in [1.807, 2.05) is 49.1 Å². The molecular formula is C108H66N6. The Morgan fingerprint density at radius 1 is 0.149 bits per heavy atom. The number of fused-ring (bicyclic) bond motifs is 1. The molecule has 0 aliphatic carbocycles. The van der Waals surface area contributed by atoms with Gasteiger partial charge in [-0.25, -0.2) is 19.9 Å². The van der Waals surface area contributed by atoms with Crippen LogP contribution in [0.2, 0.25) is 0 Å². The highest BCUT2D eigenvalue weighted by molar-refractivity contribution is 6.30. The SMILES string of the molecule is c1ccc(-c2nc(-c3ccc(-c4cccnc4)cc3)cc(-c3cc(-c4ccc(-c5cccc(-c6cc7cccc8c(-c9cc(-c%10ccc%11ccccc%11c%10)cc(-c%10cc(-c%11ccc(-c%12cccnc%12)cc%11)nc(-c%11ccccc%11)n%10)c9)cc9cccc6c9c78)c5)cc4)cc(-c4cc5cccc6ccc7cccc4c7c65)c3)n2)cc1. The van der Waals surface area contributed by atoms with Crippen LogP contribution in [0.5, 0.6) is 0 Å². The van der Waals surface area contributed by atoms with Crippen LogP contribution in [-0.4, -0.2) is 29.9 Å². The minimum Gasteiger partial charge on any atom is -0.264 e. The molecule has 114 heavy (non-hydrogen) atoms. The molecule has 18 aromatic carbocycles. The molecule has 0 unspecified atom stereocenters. The Balaban J connectivity index is 0.650. The molecule has 0 saturated heterocycles. The van der Waals surface area contributed by atoms with E-state index < -0.39 is 0 Å². The highest BCUT2D eigenvalue weighted by atomic mass is 14.9. The standard InChI is InChI=1S/C108H66N6/c1-3-17-76(18-4-1)107-111-99(72-43-38-69(39-44-72)85-29-14-50-109-65-85)63-101(113-107)91-56-87(54-89(58-91)97-60-82-26-9-22-74-47-48-75-23-11-31-94(97)104(75)103(74)82)71-36-34-68(35-37-71)79-24-10-25-81(53-79)96-61-83-27-13-33-95-98(62-84-28-12-32-93(96)105(84)106(83)95)90-55-88(80-49-42-67-16-7-8-21-78(67)52-80)57-92(59-90)102-64-100(112-108(114-102)77-19-5-2-6-20-77)73-45-40-70(41-46-73)86-30-15-51-110-66-86/h1-66H. The normalized spacial score (nSPS) is 11.7. The number of hydrogen-bond donors (Lipinski definition) is 0. The molecule has 0 N–H and O–H groups in total. The lowest BCUT2D eigenvalue weighted by Gasteiger charge is -2.19. The van der Waals surface area contributed by atoms with E-state index in [2.05, 4.69) is 362 Å². The maximum absolute atomic E-state index is 5.45. The molecule has 6 nitrogen and oxygen atoms in total. The van der Waals surface area contributed by atoms with Gasteiger partial charge in [-0.1, -0.05) is 285 Å². The van der Waals surface area contributed by atoms with Gasteiger partial charge in [0.25, 0.3) is 0 Å². The summed E-state index contributed by atoms with van der Waals surface area (Å²) in [6.45, 7) is 0. The number of rotatable bonds is 14. The van der Waals surface area contributed by atoms with Gasteiger partial charge in [0, 0.05) is 58.2 Å². The van der Waals surface area contributed by atoms with Crippen LogP contribution in [0.25, 0.3) is 232 Å². The number of pyridine rings is 2. The quantitative estimate of drug-likeness (QED) is 0.101. The summed E-state index contributed by atoms with van der Waals surface area (Å²) in [5.74, 6) is 1.32. The molecule has 22 rings (SSSR count). The summed E-state index contributed by atoms with van der Waals surface area (Å²) in [5, 5.41) is 17.1. The molecule has 0 amide bonds. The van der Waals surface area contributed by atoms with Gasteiger partial charge >= 0.3 is 0 Å². The van der Waals surface area contributed by atoms with Gasteiger partial charge in [-0.3, -0.25) is 9.97 Å². The van der Waals surface area contributed by atoms with Crippen molar-refractivity contribution >= 4 is 75.4 Å². The summed E-state index contributed by atoms with van der Waals surface area (Å²) >= 11 is 0. The lowest BCUT2D eigenvalue weighted by Crippen LogP contribution is -1.97. The third-order valence-corrected chi connectivity index (χ3v) is 22.9. The van der Waals surface area contributed by atoms with E-state index in [0.29, 0.717) is 11.6 Å². The van der Waals surface area contributed by atoms with Crippen molar-refractivity contribution < 1.29 is 0 Å². The van der Waals surface area contributed by atoms with Crippen molar-refractivity contribution in [3.8, 4) is 157 Å². The first-order valence-electron chi connectivity index (χ1n) is 38.7. The zero-order chi connectivity index (χ0) is 75.2. The van der Waals surface area contributed by atoms with Gasteiger partial charge in [0.15, 0.2) is 11.6 Å². The van der Waals surface area contributed by atoms with Crippen molar-refractivity contribution in [2.45, 2.75) is 0 Å². The second-order valence-electron chi connectivity index (χ2n) is 29.7. The Bertz CT molecular complexity index is 7480. The van der Waals surface area contributed by atoms with Crippen molar-refractivity contribution in [3.05, 3.63) is 401 Å². The first kappa shape index (κ1) is 65.8. The number of nitrogens with zero attached hydrogens (tertiary/aromatic N) is 6. The van der Waals surface area contributed by atoms with Crippen LogP contribution in [-0.2, 0) is 0 Å². The second kappa shape index (κ2) is 27.4. The fourth-order valence-corrected chi connectivity index (χ4v) is 17.3. The smallest absolute Gasteiger partial charge is 0.160 e. The zero-order valence-electron chi connectivity index (χ0n) is 61.8. The van der Waals surface area contributed by atoms with E-state index in [-0.39, 0.29) is 0 Å². The molecule has 4 aromatic heterocycles. The molecule has 0 aliphatic rings. The Morgan fingerprint density at radius 2 is 0.465 bits per heavy atom. The monoisotopic (exact) mass is 1450 g/mol. The molecule has 0 bridgehead atoms. The van der Waals surface area contributed by atoms with E-state index in [9.17, 15) is 0 Å². The minimum absolute atomic E-state index is 0.662. The van der Waals surface area contributed by atoms with Crippen molar-refractivity contribution in [1.29, 1.82) is 0 Å². The lowest BCUT2D eigenvalue weighted by atomic mass is 9.84. The molecule has 4 heterocycles. The number of aromatic nitrogens is 6. The molecule has 0 atom stereocenters. The van der Waals surface area contributed by atoms with E-state index in [4.69, 9.17) is 19.9 Å². The van der Waals surface area contributed by atoms with E-state index in [1.54, 1.807) is 0 Å². The molecule has 0 spiro atoms. The molecule has 6 heteroatoms. The molecular weight excluding hydrogens is 1380 g/mol. The summed E-state index contributed by atoms with van der Waals surface area (Å²) in [6.07, 6.45) is 7.42. The van der Waals surface area contributed by atoms with Crippen LogP contribution in [0.4, 0.5) is 0 Å². The van der Waals surface area contributed by atoms with Crippen molar-refractivity contribution in [2.24, 2.45) is 0 Å². The number of hydrogen-bond acceptors (Lipinski definition) is 6. The maximum Gasteiger partial charge on any atom is 0.160 e. The molecule has 22 aromatic rings. The zero-order valence-corrected chi connectivity index (χ0v) is 61.8. The fraction of sp³-hybridized carbons (Fsp3) is 0. The Morgan fingerprint density at radius 3 is 0.974 bits per heavy atom. The van der Waals surface area contributed by atoms with Crippen LogP contribution in [0.3, 0.4) is 0 Å². The second-order valence-corrected chi connectivity index (χ2v) is 29.7. The van der Waals surface area contributed by atoms with Crippen molar-refractivity contribution in [1.82, 2.24) is 29.9 Å². The Hall–Kier alpha value is -15.2. The van der Waals surface area contributed by atoms with Crippen LogP contribution < -0.4 is 0 Å². The molecule has 0 aliphatic heterocycles. The average Bonchev–Trinajstić information content (AvgIpc) is 0.732. The van der Waals surface area contributed by atoms with Gasteiger partial charge in [-0.15, -0.1) is 0 Å². The highest BCUT2D eigenvalue weighted by Crippen LogP contribution is 2.48. The summed E-state index contributed by atoms with van der Waals surface area (Å²) in [7, 11) is 0. The minimum atomic E-state index is 0.662. The summed E-state index contributed by atoms with van der Waals surface area (Å²) in [4.78, 5) is 30.3. The van der Waals surface area contributed by atoms with Gasteiger partial charge in [0.05, 0.1) is 22.8 Å². The summed E-state index contributed by atoms with van der Waals surface area (Å²) in [5.41, 5.74) is 27.1. The fourth-order valence-electron chi connectivity index (χ4n) is 17.3. The third kappa shape index (κ3) is 11.8. The maximum atomic E-state index is 5.45. The first-order chi connectivity index (χ1) is 56.4. The molecule has 528 valence electrons. The largest absolute Gasteiger partial charge is 0.264 e. The molecule has 0 saturated carbocycles. The number of benzene rings is 18. The predicted octanol–water partition coefficient (Wildman–Crippen LogP) is 28.3.